The molecule has 0 saturated heterocycles. The summed E-state index contributed by atoms with van der Waals surface area (Å²) in [6.07, 6.45) is 8.63. The van der Waals surface area contributed by atoms with Gasteiger partial charge >= 0.3 is 0 Å². The van der Waals surface area contributed by atoms with Gasteiger partial charge in [0.05, 0.1) is 0 Å². The first-order valence-electron chi connectivity index (χ1n) is 6.84. The van der Waals surface area contributed by atoms with Gasteiger partial charge in [-0.25, -0.2) is 0 Å². The minimum Gasteiger partial charge on any atom is -0.313 e. The summed E-state index contributed by atoms with van der Waals surface area (Å²) < 4.78 is 0. The second-order valence-electron chi connectivity index (χ2n) is 6.46. The highest BCUT2D eigenvalue weighted by atomic mass is 14.9. The third kappa shape index (κ3) is 2.55. The quantitative estimate of drug-likeness (QED) is 0.749. The van der Waals surface area contributed by atoms with E-state index in [4.69, 9.17) is 0 Å². The Morgan fingerprint density at radius 1 is 1.07 bits per heavy atom. The largest absolute Gasteiger partial charge is 0.313 e. The van der Waals surface area contributed by atoms with E-state index in [0.717, 1.165) is 17.9 Å². The van der Waals surface area contributed by atoms with Crippen LogP contribution in [-0.2, 0) is 0 Å². The summed E-state index contributed by atoms with van der Waals surface area (Å²) in [6.45, 7) is 8.56. The molecule has 1 nitrogen and oxygen atoms in total. The molecule has 2 unspecified atom stereocenters. The molecule has 0 aromatic heterocycles. The lowest BCUT2D eigenvalue weighted by atomic mass is 9.69. The van der Waals surface area contributed by atoms with E-state index in [1.807, 2.05) is 0 Å². The van der Waals surface area contributed by atoms with Crippen LogP contribution in [0.25, 0.3) is 0 Å². The van der Waals surface area contributed by atoms with Crippen molar-refractivity contribution in [2.75, 3.05) is 6.54 Å². The van der Waals surface area contributed by atoms with Gasteiger partial charge in [0.15, 0.2) is 0 Å². The maximum atomic E-state index is 3.86. The van der Waals surface area contributed by atoms with Crippen molar-refractivity contribution in [1.29, 1.82) is 0 Å². The average molecular weight is 209 g/mol. The Balaban J connectivity index is 1.81. The highest BCUT2D eigenvalue weighted by Gasteiger charge is 2.34. The van der Waals surface area contributed by atoms with Crippen LogP contribution in [0.15, 0.2) is 0 Å². The predicted molar refractivity (Wildman–Crippen MR) is 65.9 cm³/mol. The van der Waals surface area contributed by atoms with Crippen molar-refractivity contribution >= 4 is 0 Å². The topological polar surface area (TPSA) is 12.0 Å². The molecule has 2 aliphatic rings. The summed E-state index contributed by atoms with van der Waals surface area (Å²) in [6, 6.07) is 0.788. The van der Waals surface area contributed by atoms with Crippen molar-refractivity contribution in [1.82, 2.24) is 5.32 Å². The van der Waals surface area contributed by atoms with Crippen LogP contribution in [0.4, 0.5) is 0 Å². The molecule has 0 bridgehead atoms. The SMILES string of the molecule is CC1CCCC(C)C1NCC1(C)CCC1. The van der Waals surface area contributed by atoms with Crippen molar-refractivity contribution in [2.24, 2.45) is 17.3 Å². The van der Waals surface area contributed by atoms with Gasteiger partial charge < -0.3 is 5.32 Å². The van der Waals surface area contributed by atoms with E-state index in [9.17, 15) is 0 Å². The second kappa shape index (κ2) is 4.45. The molecule has 0 aromatic rings. The van der Waals surface area contributed by atoms with Crippen LogP contribution in [0.3, 0.4) is 0 Å². The Labute approximate surface area is 95.0 Å². The number of hydrogen-bond acceptors (Lipinski definition) is 1. The summed E-state index contributed by atoms with van der Waals surface area (Å²) in [7, 11) is 0. The maximum absolute atomic E-state index is 3.86. The Kier molecular flexibility index (Phi) is 3.39. The van der Waals surface area contributed by atoms with Crippen LogP contribution >= 0.6 is 0 Å². The highest BCUT2D eigenvalue weighted by molar-refractivity contribution is 4.89. The first-order chi connectivity index (χ1) is 7.11. The van der Waals surface area contributed by atoms with Gasteiger partial charge in [-0.1, -0.05) is 33.6 Å². The van der Waals surface area contributed by atoms with Gasteiger partial charge in [0.25, 0.3) is 0 Å². The zero-order chi connectivity index (χ0) is 10.9. The molecule has 0 heterocycles. The summed E-state index contributed by atoms with van der Waals surface area (Å²) in [5.74, 6) is 1.77. The number of nitrogens with one attached hydrogen (secondary N) is 1. The van der Waals surface area contributed by atoms with Crippen molar-refractivity contribution in [3.63, 3.8) is 0 Å². The Morgan fingerprint density at radius 3 is 2.13 bits per heavy atom. The first-order valence-corrected chi connectivity index (χ1v) is 6.84. The van der Waals surface area contributed by atoms with E-state index >= 15 is 0 Å². The number of hydrogen-bond donors (Lipinski definition) is 1. The van der Waals surface area contributed by atoms with E-state index in [2.05, 4.69) is 26.1 Å². The Morgan fingerprint density at radius 2 is 1.67 bits per heavy atom. The zero-order valence-electron chi connectivity index (χ0n) is 10.7. The fourth-order valence-corrected chi connectivity index (χ4v) is 3.41. The highest BCUT2D eigenvalue weighted by Crippen LogP contribution is 2.40. The van der Waals surface area contributed by atoms with E-state index in [0.29, 0.717) is 5.41 Å². The molecule has 1 heteroatoms. The van der Waals surface area contributed by atoms with Gasteiger partial charge in [-0.2, -0.15) is 0 Å². The van der Waals surface area contributed by atoms with Crippen molar-refractivity contribution in [3.8, 4) is 0 Å². The van der Waals surface area contributed by atoms with Crippen molar-refractivity contribution in [2.45, 2.75) is 65.3 Å². The lowest BCUT2D eigenvalue weighted by Gasteiger charge is -2.43. The van der Waals surface area contributed by atoms with Crippen molar-refractivity contribution < 1.29 is 0 Å². The van der Waals surface area contributed by atoms with Crippen molar-refractivity contribution in [3.05, 3.63) is 0 Å². The predicted octanol–water partition coefficient (Wildman–Crippen LogP) is 3.59. The molecule has 0 radical (unpaired) electrons. The summed E-state index contributed by atoms with van der Waals surface area (Å²) >= 11 is 0. The standard InChI is InChI=1S/C14H27N/c1-11-6-4-7-12(2)13(11)15-10-14(3)8-5-9-14/h11-13,15H,4-10H2,1-3H3. The summed E-state index contributed by atoms with van der Waals surface area (Å²) in [4.78, 5) is 0. The van der Waals surface area contributed by atoms with Crippen LogP contribution in [0.5, 0.6) is 0 Å². The third-order valence-corrected chi connectivity index (χ3v) is 4.87. The van der Waals surface area contributed by atoms with Gasteiger partial charge in [-0.05, 0) is 42.9 Å². The molecule has 2 aliphatic carbocycles. The molecule has 0 aliphatic heterocycles. The molecule has 1 N–H and O–H groups in total. The molecular weight excluding hydrogens is 182 g/mol. The van der Waals surface area contributed by atoms with Gasteiger partial charge in [0, 0.05) is 12.6 Å². The van der Waals surface area contributed by atoms with Gasteiger partial charge in [0.2, 0.25) is 0 Å². The lowest BCUT2D eigenvalue weighted by Crippen LogP contribution is -2.48. The Bertz CT molecular complexity index is 197. The molecule has 0 spiro atoms. The summed E-state index contributed by atoms with van der Waals surface area (Å²) in [5.41, 5.74) is 0.636. The Hall–Kier alpha value is -0.0400. The third-order valence-electron chi connectivity index (χ3n) is 4.87. The molecular formula is C14H27N. The first kappa shape index (κ1) is 11.4. The minimum atomic E-state index is 0.636. The molecule has 2 atom stereocenters. The molecule has 2 rings (SSSR count). The van der Waals surface area contributed by atoms with E-state index in [1.54, 1.807) is 0 Å². The molecule has 2 saturated carbocycles. The van der Waals surface area contributed by atoms with Crippen LogP contribution < -0.4 is 5.32 Å². The van der Waals surface area contributed by atoms with E-state index < -0.39 is 0 Å². The van der Waals surface area contributed by atoms with E-state index in [1.165, 1.54) is 45.1 Å². The average Bonchev–Trinajstić information content (AvgIpc) is 2.14. The fourth-order valence-electron chi connectivity index (χ4n) is 3.41. The van der Waals surface area contributed by atoms with Gasteiger partial charge in [-0.15, -0.1) is 0 Å². The monoisotopic (exact) mass is 209 g/mol. The van der Waals surface area contributed by atoms with Crippen LogP contribution in [0.2, 0.25) is 0 Å². The fraction of sp³-hybridized carbons (Fsp3) is 1.00. The van der Waals surface area contributed by atoms with Crippen LogP contribution in [-0.4, -0.2) is 12.6 Å². The molecule has 0 aromatic carbocycles. The van der Waals surface area contributed by atoms with Gasteiger partial charge in [0.1, 0.15) is 0 Å². The number of rotatable bonds is 3. The second-order valence-corrected chi connectivity index (χ2v) is 6.46. The normalized spacial score (nSPS) is 39.8. The van der Waals surface area contributed by atoms with Crippen LogP contribution in [0, 0.1) is 17.3 Å². The molecule has 15 heavy (non-hydrogen) atoms. The molecule has 88 valence electrons. The maximum Gasteiger partial charge on any atom is 0.0118 e. The van der Waals surface area contributed by atoms with E-state index in [-0.39, 0.29) is 0 Å². The lowest BCUT2D eigenvalue weighted by molar-refractivity contribution is 0.123. The smallest absolute Gasteiger partial charge is 0.0118 e. The molecule has 2 fully saturated rings. The zero-order valence-corrected chi connectivity index (χ0v) is 10.7. The minimum absolute atomic E-state index is 0.636. The summed E-state index contributed by atoms with van der Waals surface area (Å²) in [5, 5.41) is 3.86. The molecule has 0 amide bonds. The van der Waals surface area contributed by atoms with Gasteiger partial charge in [-0.3, -0.25) is 0 Å². The van der Waals surface area contributed by atoms with Crippen LogP contribution in [0.1, 0.15) is 59.3 Å².